The molecule has 3 rings (SSSR count). The third-order valence-corrected chi connectivity index (χ3v) is 6.59. The van der Waals surface area contributed by atoms with Crippen LogP contribution in [0.2, 0.25) is 0 Å². The van der Waals surface area contributed by atoms with Crippen molar-refractivity contribution in [1.82, 2.24) is 4.72 Å². The van der Waals surface area contributed by atoms with Gasteiger partial charge in [-0.1, -0.05) is 12.1 Å². The number of benzene rings is 2. The van der Waals surface area contributed by atoms with Crippen LogP contribution in [0.1, 0.15) is 24.4 Å². The van der Waals surface area contributed by atoms with Crippen LogP contribution in [0.15, 0.2) is 53.4 Å². The molecule has 5 nitrogen and oxygen atoms in total. The van der Waals surface area contributed by atoms with Crippen LogP contribution in [-0.2, 0) is 10.0 Å². The van der Waals surface area contributed by atoms with Gasteiger partial charge in [0, 0.05) is 38.2 Å². The summed E-state index contributed by atoms with van der Waals surface area (Å²) in [7, 11) is 0.321. The first-order valence-corrected chi connectivity index (χ1v) is 10.7. The number of nitrogens with zero attached hydrogens (tertiary/aromatic N) is 1. The Labute approximate surface area is 160 Å². The van der Waals surface area contributed by atoms with Gasteiger partial charge in [-0.2, -0.15) is 0 Å². The zero-order valence-electron chi connectivity index (χ0n) is 15.8. The van der Waals surface area contributed by atoms with Crippen LogP contribution >= 0.6 is 0 Å². The molecule has 1 heterocycles. The fourth-order valence-corrected chi connectivity index (χ4v) is 4.62. The van der Waals surface area contributed by atoms with Gasteiger partial charge in [0.2, 0.25) is 10.0 Å². The average Bonchev–Trinajstić information content (AvgIpc) is 3.17. The van der Waals surface area contributed by atoms with Crippen molar-refractivity contribution in [2.24, 2.45) is 0 Å². The molecule has 2 N–H and O–H groups in total. The molecule has 2 aromatic carbocycles. The van der Waals surface area contributed by atoms with Crippen molar-refractivity contribution < 1.29 is 17.7 Å². The number of likely N-dealkylation sites (tertiary alicyclic amines) is 1. The van der Waals surface area contributed by atoms with Crippen molar-refractivity contribution in [2.75, 3.05) is 38.6 Å². The molecule has 0 bridgehead atoms. The van der Waals surface area contributed by atoms with Gasteiger partial charge in [0.15, 0.2) is 0 Å². The maximum absolute atomic E-state index is 13.1. The second-order valence-electron chi connectivity index (χ2n) is 7.21. The Balaban J connectivity index is 1.78. The Bertz CT molecular complexity index is 846. The molecular formula is C20H27FN3O2S+. The lowest BCUT2D eigenvalue weighted by Gasteiger charge is -2.26. The Morgan fingerprint density at radius 3 is 2.19 bits per heavy atom. The Hall–Kier alpha value is -1.96. The minimum atomic E-state index is -3.67. The van der Waals surface area contributed by atoms with E-state index in [1.165, 1.54) is 17.0 Å². The number of nitrogens with one attached hydrogen (secondary N) is 2. The van der Waals surface area contributed by atoms with Crippen LogP contribution in [0.3, 0.4) is 0 Å². The minimum Gasteiger partial charge on any atom is -0.378 e. The first-order valence-electron chi connectivity index (χ1n) is 9.24. The van der Waals surface area contributed by atoms with Crippen molar-refractivity contribution in [3.63, 3.8) is 0 Å². The molecule has 0 radical (unpaired) electrons. The van der Waals surface area contributed by atoms with Crippen LogP contribution in [0.25, 0.3) is 0 Å². The summed E-state index contributed by atoms with van der Waals surface area (Å²) in [5.74, 6) is -0.450. The Morgan fingerprint density at radius 2 is 1.63 bits per heavy atom. The van der Waals surface area contributed by atoms with Gasteiger partial charge in [-0.25, -0.2) is 17.5 Å². The molecule has 27 heavy (non-hydrogen) atoms. The molecule has 0 spiro atoms. The van der Waals surface area contributed by atoms with E-state index in [1.807, 2.05) is 19.0 Å². The number of quaternary nitrogens is 1. The fraction of sp³-hybridized carbons (Fsp3) is 0.400. The maximum atomic E-state index is 13.1. The molecule has 1 aliphatic rings. The molecular weight excluding hydrogens is 365 g/mol. The summed E-state index contributed by atoms with van der Waals surface area (Å²) in [4.78, 5) is 3.52. The predicted octanol–water partition coefficient (Wildman–Crippen LogP) is 1.59. The van der Waals surface area contributed by atoms with Gasteiger partial charge in [0.1, 0.15) is 11.9 Å². The van der Waals surface area contributed by atoms with E-state index in [0.29, 0.717) is 6.54 Å². The monoisotopic (exact) mass is 392 g/mol. The molecule has 2 aromatic rings. The zero-order valence-corrected chi connectivity index (χ0v) is 16.6. The summed E-state index contributed by atoms with van der Waals surface area (Å²) in [6, 6.07) is 13.3. The number of anilines is 1. The standard InChI is InChI=1S/C20H26FN3O2S/c1-23(2)18-9-5-16(6-10-18)20(24-13-3-4-14-24)15-22-27(25,26)19-11-7-17(21)8-12-19/h5-12,20,22H,3-4,13-15H2,1-2H3/p+1/t20-/m0/s1. The molecule has 146 valence electrons. The van der Waals surface area contributed by atoms with Crippen molar-refractivity contribution in [1.29, 1.82) is 0 Å². The first kappa shape index (κ1) is 19.8. The van der Waals surface area contributed by atoms with Crippen LogP contribution < -0.4 is 14.5 Å². The van der Waals surface area contributed by atoms with Gasteiger partial charge in [0.05, 0.1) is 24.5 Å². The van der Waals surface area contributed by atoms with Crippen molar-refractivity contribution >= 4 is 15.7 Å². The van der Waals surface area contributed by atoms with E-state index in [9.17, 15) is 12.8 Å². The van der Waals surface area contributed by atoms with Crippen molar-refractivity contribution in [3.05, 3.63) is 59.9 Å². The fourth-order valence-electron chi connectivity index (χ4n) is 3.57. The number of rotatable bonds is 7. The van der Waals surface area contributed by atoms with E-state index >= 15 is 0 Å². The third kappa shape index (κ3) is 4.86. The topological polar surface area (TPSA) is 53.9 Å². The molecule has 1 saturated heterocycles. The first-order chi connectivity index (χ1) is 12.9. The van der Waals surface area contributed by atoms with E-state index in [4.69, 9.17) is 0 Å². The molecule has 1 fully saturated rings. The molecule has 0 aliphatic carbocycles. The Kier molecular flexibility index (Phi) is 6.14. The number of halogens is 1. The molecule has 0 unspecified atom stereocenters. The summed E-state index contributed by atoms with van der Waals surface area (Å²) in [6.45, 7) is 2.40. The largest absolute Gasteiger partial charge is 0.378 e. The lowest BCUT2D eigenvalue weighted by atomic mass is 10.1. The zero-order chi connectivity index (χ0) is 19.4. The van der Waals surface area contributed by atoms with E-state index in [2.05, 4.69) is 29.0 Å². The molecule has 0 saturated carbocycles. The maximum Gasteiger partial charge on any atom is 0.240 e. The third-order valence-electron chi connectivity index (χ3n) is 5.15. The van der Waals surface area contributed by atoms with Gasteiger partial charge in [-0.15, -0.1) is 0 Å². The van der Waals surface area contributed by atoms with E-state index < -0.39 is 15.8 Å². The van der Waals surface area contributed by atoms with Crippen LogP contribution in [0.5, 0.6) is 0 Å². The molecule has 1 atom stereocenters. The predicted molar refractivity (Wildman–Crippen MR) is 105 cm³/mol. The normalized spacial score (nSPS) is 16.4. The highest BCUT2D eigenvalue weighted by Crippen LogP contribution is 2.18. The van der Waals surface area contributed by atoms with Crippen LogP contribution in [-0.4, -0.2) is 42.1 Å². The summed E-state index contributed by atoms with van der Waals surface area (Å²) < 4.78 is 41.0. The molecule has 1 aliphatic heterocycles. The van der Waals surface area contributed by atoms with Crippen molar-refractivity contribution in [2.45, 2.75) is 23.8 Å². The summed E-state index contributed by atoms with van der Waals surface area (Å²) in [5.41, 5.74) is 2.24. The average molecular weight is 393 g/mol. The van der Waals surface area contributed by atoms with E-state index in [1.54, 1.807) is 0 Å². The smallest absolute Gasteiger partial charge is 0.240 e. The SMILES string of the molecule is CN(C)c1ccc([C@H](CNS(=O)(=O)c2ccc(F)cc2)[NH+]2CCCC2)cc1. The van der Waals surface area contributed by atoms with Crippen molar-refractivity contribution in [3.8, 4) is 0 Å². The second-order valence-corrected chi connectivity index (χ2v) is 8.98. The number of hydrogen-bond donors (Lipinski definition) is 2. The van der Waals surface area contributed by atoms with Crippen LogP contribution in [0, 0.1) is 5.82 Å². The second kappa shape index (κ2) is 8.37. The van der Waals surface area contributed by atoms with E-state index in [-0.39, 0.29) is 10.9 Å². The highest BCUT2D eigenvalue weighted by atomic mass is 32.2. The van der Waals surface area contributed by atoms with Gasteiger partial charge in [-0.05, 0) is 36.4 Å². The van der Waals surface area contributed by atoms with Crippen LogP contribution in [0.4, 0.5) is 10.1 Å². The molecule has 0 aromatic heterocycles. The quantitative estimate of drug-likeness (QED) is 0.753. The highest BCUT2D eigenvalue weighted by molar-refractivity contribution is 7.89. The summed E-state index contributed by atoms with van der Waals surface area (Å²) >= 11 is 0. The lowest BCUT2D eigenvalue weighted by molar-refractivity contribution is -0.918. The van der Waals surface area contributed by atoms with Gasteiger partial charge in [0.25, 0.3) is 0 Å². The van der Waals surface area contributed by atoms with Gasteiger partial charge >= 0.3 is 0 Å². The number of sulfonamides is 1. The van der Waals surface area contributed by atoms with E-state index in [0.717, 1.165) is 49.3 Å². The summed E-state index contributed by atoms with van der Waals surface area (Å²) in [5, 5.41) is 0. The van der Waals surface area contributed by atoms with Gasteiger partial charge < -0.3 is 9.80 Å². The highest BCUT2D eigenvalue weighted by Gasteiger charge is 2.29. The minimum absolute atomic E-state index is 0.0546. The van der Waals surface area contributed by atoms with Gasteiger partial charge in [-0.3, -0.25) is 0 Å². The lowest BCUT2D eigenvalue weighted by Crippen LogP contribution is -3.11. The molecule has 0 amide bonds. The summed E-state index contributed by atoms with van der Waals surface area (Å²) in [6.07, 6.45) is 2.32. The Morgan fingerprint density at radius 1 is 1.04 bits per heavy atom. The molecule has 7 heteroatoms. The number of hydrogen-bond acceptors (Lipinski definition) is 3.